The molecule has 3 nitrogen and oxygen atoms in total. The van der Waals surface area contributed by atoms with Crippen LogP contribution in [0.5, 0.6) is 11.5 Å². The normalized spacial score (nSPS) is 18.5. The fourth-order valence-corrected chi connectivity index (χ4v) is 2.19. The van der Waals surface area contributed by atoms with Crippen LogP contribution in [-0.4, -0.2) is 12.6 Å². The van der Waals surface area contributed by atoms with Crippen molar-refractivity contribution >= 4 is 5.78 Å². The SMILES string of the molecule is O=C1CCCCc2cc3c(cc21)OCO3. The van der Waals surface area contributed by atoms with Gasteiger partial charge in [-0.05, 0) is 37.0 Å². The van der Waals surface area contributed by atoms with Crippen molar-refractivity contribution in [1.29, 1.82) is 0 Å². The first-order valence-corrected chi connectivity index (χ1v) is 5.30. The zero-order chi connectivity index (χ0) is 10.3. The molecule has 1 aliphatic heterocycles. The third-order valence-corrected chi connectivity index (χ3v) is 3.00. The number of hydrogen-bond donors (Lipinski definition) is 0. The molecule has 0 saturated heterocycles. The quantitative estimate of drug-likeness (QED) is 0.608. The summed E-state index contributed by atoms with van der Waals surface area (Å²) < 4.78 is 10.6. The monoisotopic (exact) mass is 204 g/mol. The molecule has 15 heavy (non-hydrogen) atoms. The zero-order valence-electron chi connectivity index (χ0n) is 8.41. The van der Waals surface area contributed by atoms with Gasteiger partial charge in [0.25, 0.3) is 0 Å². The maximum atomic E-state index is 11.8. The molecule has 0 saturated carbocycles. The lowest BCUT2D eigenvalue weighted by molar-refractivity contribution is 0.0981. The Hall–Kier alpha value is -1.51. The fourth-order valence-electron chi connectivity index (χ4n) is 2.19. The Morgan fingerprint density at radius 3 is 2.60 bits per heavy atom. The number of ketones is 1. The largest absolute Gasteiger partial charge is 0.454 e. The highest BCUT2D eigenvalue weighted by atomic mass is 16.7. The molecule has 3 heteroatoms. The summed E-state index contributed by atoms with van der Waals surface area (Å²) in [4.78, 5) is 11.8. The number of ether oxygens (including phenoxy) is 2. The summed E-state index contributed by atoms with van der Waals surface area (Å²) in [7, 11) is 0. The molecule has 0 N–H and O–H groups in total. The smallest absolute Gasteiger partial charge is 0.231 e. The lowest BCUT2D eigenvalue weighted by atomic mass is 10.0. The third kappa shape index (κ3) is 1.39. The van der Waals surface area contributed by atoms with Crippen LogP contribution in [0.2, 0.25) is 0 Å². The standard InChI is InChI=1S/C12H12O3/c13-10-4-2-1-3-8-5-11-12(6-9(8)10)15-7-14-11/h5-6H,1-4,7H2. The topological polar surface area (TPSA) is 35.5 Å². The molecular weight excluding hydrogens is 192 g/mol. The van der Waals surface area contributed by atoms with E-state index < -0.39 is 0 Å². The van der Waals surface area contributed by atoms with E-state index in [1.165, 1.54) is 0 Å². The van der Waals surface area contributed by atoms with E-state index in [1.807, 2.05) is 12.1 Å². The summed E-state index contributed by atoms with van der Waals surface area (Å²) in [5, 5.41) is 0. The number of carbonyl (C=O) groups excluding carboxylic acids is 1. The summed E-state index contributed by atoms with van der Waals surface area (Å²) >= 11 is 0. The lowest BCUT2D eigenvalue weighted by Gasteiger charge is -2.05. The van der Waals surface area contributed by atoms with E-state index in [4.69, 9.17) is 9.47 Å². The van der Waals surface area contributed by atoms with Gasteiger partial charge in [0.05, 0.1) is 0 Å². The Kier molecular flexibility index (Phi) is 1.91. The van der Waals surface area contributed by atoms with E-state index in [2.05, 4.69) is 0 Å². The van der Waals surface area contributed by atoms with Crippen molar-refractivity contribution in [2.75, 3.05) is 6.79 Å². The summed E-state index contributed by atoms with van der Waals surface area (Å²) in [6, 6.07) is 3.80. The van der Waals surface area contributed by atoms with Gasteiger partial charge >= 0.3 is 0 Å². The van der Waals surface area contributed by atoms with E-state index >= 15 is 0 Å². The Morgan fingerprint density at radius 2 is 1.73 bits per heavy atom. The Morgan fingerprint density at radius 1 is 1.00 bits per heavy atom. The maximum Gasteiger partial charge on any atom is 0.231 e. The first-order valence-electron chi connectivity index (χ1n) is 5.30. The van der Waals surface area contributed by atoms with Gasteiger partial charge in [0.2, 0.25) is 6.79 Å². The van der Waals surface area contributed by atoms with Crippen molar-refractivity contribution in [3.05, 3.63) is 23.3 Å². The second kappa shape index (κ2) is 3.26. The van der Waals surface area contributed by atoms with Gasteiger partial charge in [-0.1, -0.05) is 0 Å². The minimum absolute atomic E-state index is 0.237. The van der Waals surface area contributed by atoms with E-state index in [1.54, 1.807) is 0 Å². The van der Waals surface area contributed by atoms with Gasteiger partial charge in [-0.25, -0.2) is 0 Å². The predicted molar refractivity (Wildman–Crippen MR) is 54.5 cm³/mol. The van der Waals surface area contributed by atoms with Crippen molar-refractivity contribution in [3.63, 3.8) is 0 Å². The summed E-state index contributed by atoms with van der Waals surface area (Å²) in [6.45, 7) is 0.270. The second-order valence-corrected chi connectivity index (χ2v) is 3.99. The number of aryl methyl sites for hydroxylation is 1. The molecule has 78 valence electrons. The minimum atomic E-state index is 0.237. The molecule has 0 amide bonds. The van der Waals surface area contributed by atoms with Crippen LogP contribution in [-0.2, 0) is 6.42 Å². The summed E-state index contributed by atoms with van der Waals surface area (Å²) in [6.07, 6.45) is 3.70. The molecule has 2 aliphatic rings. The fraction of sp³-hybridized carbons (Fsp3) is 0.417. The van der Waals surface area contributed by atoms with Gasteiger partial charge in [-0.2, -0.15) is 0 Å². The molecule has 1 aromatic rings. The molecule has 0 spiro atoms. The highest BCUT2D eigenvalue weighted by molar-refractivity contribution is 5.98. The van der Waals surface area contributed by atoms with Crippen LogP contribution in [0, 0.1) is 0 Å². The van der Waals surface area contributed by atoms with Crippen LogP contribution < -0.4 is 9.47 Å². The van der Waals surface area contributed by atoms with E-state index in [0.717, 1.165) is 36.1 Å². The van der Waals surface area contributed by atoms with Gasteiger partial charge in [0.15, 0.2) is 17.3 Å². The summed E-state index contributed by atoms with van der Waals surface area (Å²) in [5.41, 5.74) is 1.94. The van der Waals surface area contributed by atoms with Crippen LogP contribution in [0.15, 0.2) is 12.1 Å². The van der Waals surface area contributed by atoms with Crippen LogP contribution >= 0.6 is 0 Å². The van der Waals surface area contributed by atoms with Crippen LogP contribution in [0.1, 0.15) is 35.2 Å². The molecule has 0 unspecified atom stereocenters. The van der Waals surface area contributed by atoms with Crippen molar-refractivity contribution in [2.24, 2.45) is 0 Å². The number of carbonyl (C=O) groups is 1. The Bertz CT molecular complexity index is 423. The van der Waals surface area contributed by atoms with Crippen molar-refractivity contribution in [2.45, 2.75) is 25.7 Å². The molecule has 1 heterocycles. The molecule has 1 aliphatic carbocycles. The third-order valence-electron chi connectivity index (χ3n) is 3.00. The number of rotatable bonds is 0. The van der Waals surface area contributed by atoms with Gasteiger partial charge in [-0.15, -0.1) is 0 Å². The van der Waals surface area contributed by atoms with Crippen molar-refractivity contribution in [1.82, 2.24) is 0 Å². The van der Waals surface area contributed by atoms with E-state index in [9.17, 15) is 4.79 Å². The zero-order valence-corrected chi connectivity index (χ0v) is 8.41. The molecule has 0 fully saturated rings. The van der Waals surface area contributed by atoms with E-state index in [-0.39, 0.29) is 12.6 Å². The molecular formula is C12H12O3. The minimum Gasteiger partial charge on any atom is -0.454 e. The van der Waals surface area contributed by atoms with Gasteiger partial charge in [0.1, 0.15) is 0 Å². The van der Waals surface area contributed by atoms with E-state index in [0.29, 0.717) is 12.2 Å². The van der Waals surface area contributed by atoms with Crippen molar-refractivity contribution in [3.8, 4) is 11.5 Å². The number of fused-ring (bicyclic) bond motifs is 2. The number of hydrogen-bond acceptors (Lipinski definition) is 3. The highest BCUT2D eigenvalue weighted by Gasteiger charge is 2.22. The molecule has 1 aromatic carbocycles. The number of Topliss-reactive ketones (excluding diaryl/α,β-unsaturated/α-hetero) is 1. The molecule has 0 aromatic heterocycles. The Labute approximate surface area is 88.0 Å². The molecule has 0 atom stereocenters. The van der Waals surface area contributed by atoms with Crippen LogP contribution in [0.25, 0.3) is 0 Å². The number of benzene rings is 1. The van der Waals surface area contributed by atoms with Crippen molar-refractivity contribution < 1.29 is 14.3 Å². The first-order chi connectivity index (χ1) is 7.34. The van der Waals surface area contributed by atoms with Gasteiger partial charge < -0.3 is 9.47 Å². The maximum absolute atomic E-state index is 11.8. The van der Waals surface area contributed by atoms with Gasteiger partial charge in [-0.3, -0.25) is 4.79 Å². The molecule has 3 rings (SSSR count). The van der Waals surface area contributed by atoms with Crippen LogP contribution in [0.4, 0.5) is 0 Å². The highest BCUT2D eigenvalue weighted by Crippen LogP contribution is 2.36. The molecule has 0 bridgehead atoms. The Balaban J connectivity index is 2.13. The van der Waals surface area contributed by atoms with Crippen LogP contribution in [0.3, 0.4) is 0 Å². The van der Waals surface area contributed by atoms with Gasteiger partial charge in [0, 0.05) is 12.0 Å². The average Bonchev–Trinajstić information content (AvgIpc) is 2.62. The average molecular weight is 204 g/mol. The molecule has 0 radical (unpaired) electrons. The first kappa shape index (κ1) is 8.77. The predicted octanol–water partition coefficient (Wildman–Crippen LogP) is 2.32. The second-order valence-electron chi connectivity index (χ2n) is 3.99. The lowest BCUT2D eigenvalue weighted by Crippen LogP contribution is -1.99. The summed E-state index contributed by atoms with van der Waals surface area (Å²) in [5.74, 6) is 1.73.